The quantitative estimate of drug-likeness (QED) is 0.146. The molecule has 1 aliphatic rings. The lowest BCUT2D eigenvalue weighted by Crippen LogP contribution is -2.33. The maximum Gasteiger partial charge on any atom is 0.273 e. The highest BCUT2D eigenvalue weighted by Gasteiger charge is 2.41. The number of para-hydroxylation sites is 1. The van der Waals surface area contributed by atoms with Crippen molar-refractivity contribution in [2.24, 2.45) is 0 Å². The highest BCUT2D eigenvalue weighted by Crippen LogP contribution is 2.42. The first-order valence-electron chi connectivity index (χ1n) is 13.5. The lowest BCUT2D eigenvalue weighted by molar-refractivity contribution is -0.384. The molecule has 0 saturated carbocycles. The first-order valence-corrected chi connectivity index (χ1v) is 14.0. The molecular formula is C31H32N6O4S. The number of benzene rings is 2. The molecule has 0 aliphatic carbocycles. The van der Waals surface area contributed by atoms with Gasteiger partial charge in [0.05, 0.1) is 41.6 Å². The maximum absolute atomic E-state index is 13.0. The van der Waals surface area contributed by atoms with E-state index in [9.17, 15) is 14.9 Å². The number of methoxy groups -OCH3 is 1. The number of rotatable bonds is 9. The van der Waals surface area contributed by atoms with E-state index in [0.717, 1.165) is 33.9 Å². The molecule has 10 nitrogen and oxygen atoms in total. The SMILES string of the molecule is COc1cc([N+](=O)[O-])ccc1-n1c(C)cc(C2C(c3ccccn3)NC(=S)N2CCC(=O)Nc2ccccc2C)c1C. The molecule has 2 unspecified atom stereocenters. The number of aromatic nitrogens is 2. The molecule has 2 aromatic carbocycles. The molecule has 42 heavy (non-hydrogen) atoms. The number of nitro groups is 1. The van der Waals surface area contributed by atoms with Crippen LogP contribution in [-0.2, 0) is 4.79 Å². The van der Waals surface area contributed by atoms with Crippen molar-refractivity contribution in [2.45, 2.75) is 39.3 Å². The number of pyridine rings is 1. The Hall–Kier alpha value is -4.77. The van der Waals surface area contributed by atoms with Crippen molar-refractivity contribution in [2.75, 3.05) is 19.0 Å². The van der Waals surface area contributed by atoms with Gasteiger partial charge in [0.15, 0.2) is 5.11 Å². The van der Waals surface area contributed by atoms with Gasteiger partial charge in [0.2, 0.25) is 5.91 Å². The van der Waals surface area contributed by atoms with Crippen molar-refractivity contribution in [1.29, 1.82) is 0 Å². The number of non-ortho nitro benzene ring substituents is 1. The topological polar surface area (TPSA) is 115 Å². The predicted octanol–water partition coefficient (Wildman–Crippen LogP) is 5.72. The Labute approximate surface area is 249 Å². The number of aryl methyl sites for hydroxylation is 2. The van der Waals surface area contributed by atoms with E-state index in [1.807, 2.05) is 72.7 Å². The van der Waals surface area contributed by atoms with E-state index in [4.69, 9.17) is 17.0 Å². The van der Waals surface area contributed by atoms with Gasteiger partial charge in [-0.15, -0.1) is 0 Å². The number of anilines is 1. The third kappa shape index (κ3) is 5.55. The predicted molar refractivity (Wildman–Crippen MR) is 165 cm³/mol. The van der Waals surface area contributed by atoms with Crippen LogP contribution in [0.1, 0.15) is 46.7 Å². The number of ether oxygens (including phenoxy) is 1. The summed E-state index contributed by atoms with van der Waals surface area (Å²) in [7, 11) is 1.50. The molecule has 1 saturated heterocycles. The van der Waals surface area contributed by atoms with E-state index in [1.165, 1.54) is 19.2 Å². The van der Waals surface area contributed by atoms with Crippen LogP contribution in [0.2, 0.25) is 0 Å². The van der Waals surface area contributed by atoms with Crippen LogP contribution in [0.4, 0.5) is 11.4 Å². The van der Waals surface area contributed by atoms with E-state index in [1.54, 1.807) is 12.3 Å². The van der Waals surface area contributed by atoms with Crippen LogP contribution < -0.4 is 15.4 Å². The summed E-state index contributed by atoms with van der Waals surface area (Å²) in [6.45, 7) is 6.33. The van der Waals surface area contributed by atoms with E-state index >= 15 is 0 Å². The Morgan fingerprint density at radius 1 is 1.12 bits per heavy atom. The van der Waals surface area contributed by atoms with Gasteiger partial charge in [-0.1, -0.05) is 24.3 Å². The van der Waals surface area contributed by atoms with Crippen molar-refractivity contribution < 1.29 is 14.5 Å². The lowest BCUT2D eigenvalue weighted by atomic mass is 9.96. The van der Waals surface area contributed by atoms with Crippen LogP contribution in [0.25, 0.3) is 5.69 Å². The number of nitrogens with one attached hydrogen (secondary N) is 2. The largest absolute Gasteiger partial charge is 0.494 e. The van der Waals surface area contributed by atoms with Crippen LogP contribution in [0.5, 0.6) is 5.75 Å². The zero-order valence-electron chi connectivity index (χ0n) is 23.8. The molecule has 0 bridgehead atoms. The van der Waals surface area contributed by atoms with E-state index in [-0.39, 0.29) is 30.1 Å². The molecule has 216 valence electrons. The van der Waals surface area contributed by atoms with Crippen molar-refractivity contribution in [3.63, 3.8) is 0 Å². The van der Waals surface area contributed by atoms with Crippen LogP contribution in [0, 0.1) is 30.9 Å². The first-order chi connectivity index (χ1) is 20.2. The van der Waals surface area contributed by atoms with Gasteiger partial charge < -0.3 is 24.8 Å². The standard InChI is InChI=1S/C31H32N6O4S/c1-19-9-5-6-10-24(19)33-28(38)14-16-35-30(29(34-31(35)42)25-11-7-8-15-32-25)23-17-20(2)36(21(23)3)26-13-12-22(37(39)40)18-27(26)41-4/h5-13,15,17-18,29-30H,14,16H2,1-4H3,(H,33,38)(H,34,42). The fourth-order valence-corrected chi connectivity index (χ4v) is 5.89. The molecule has 2 atom stereocenters. The Morgan fingerprint density at radius 2 is 1.88 bits per heavy atom. The highest BCUT2D eigenvalue weighted by molar-refractivity contribution is 7.80. The second-order valence-electron chi connectivity index (χ2n) is 10.2. The van der Waals surface area contributed by atoms with Gasteiger partial charge in [0.1, 0.15) is 5.75 Å². The third-order valence-electron chi connectivity index (χ3n) is 7.60. The number of nitro benzene ring substituents is 1. The molecule has 1 aliphatic heterocycles. The molecule has 2 aromatic heterocycles. The van der Waals surface area contributed by atoms with Crippen molar-refractivity contribution in [3.8, 4) is 11.4 Å². The van der Waals surface area contributed by atoms with Gasteiger partial charge in [-0.3, -0.25) is 19.9 Å². The van der Waals surface area contributed by atoms with E-state index in [2.05, 4.69) is 21.7 Å². The summed E-state index contributed by atoms with van der Waals surface area (Å²) in [5.74, 6) is 0.289. The van der Waals surface area contributed by atoms with Gasteiger partial charge in [-0.05, 0) is 74.4 Å². The fourth-order valence-electron chi connectivity index (χ4n) is 5.56. The Morgan fingerprint density at radius 3 is 2.57 bits per heavy atom. The zero-order valence-corrected chi connectivity index (χ0v) is 24.6. The minimum absolute atomic E-state index is 0.0472. The summed E-state index contributed by atoms with van der Waals surface area (Å²) >= 11 is 5.82. The summed E-state index contributed by atoms with van der Waals surface area (Å²) in [6.07, 6.45) is 1.98. The van der Waals surface area contributed by atoms with Crippen LogP contribution >= 0.6 is 12.2 Å². The summed E-state index contributed by atoms with van der Waals surface area (Å²) < 4.78 is 7.59. The molecule has 1 fully saturated rings. The molecular weight excluding hydrogens is 552 g/mol. The van der Waals surface area contributed by atoms with Crippen molar-refractivity contribution >= 4 is 34.6 Å². The number of carbonyl (C=O) groups is 1. The second kappa shape index (κ2) is 12.0. The van der Waals surface area contributed by atoms with Gasteiger partial charge >= 0.3 is 0 Å². The smallest absolute Gasteiger partial charge is 0.273 e. The molecule has 4 aromatic rings. The molecule has 0 radical (unpaired) electrons. The van der Waals surface area contributed by atoms with E-state index in [0.29, 0.717) is 23.1 Å². The minimum Gasteiger partial charge on any atom is -0.494 e. The number of amides is 1. The van der Waals surface area contributed by atoms with Crippen LogP contribution in [0.15, 0.2) is 72.9 Å². The summed E-state index contributed by atoms with van der Waals surface area (Å²) in [4.78, 5) is 30.6. The van der Waals surface area contributed by atoms with Crippen LogP contribution in [-0.4, -0.2) is 44.0 Å². The maximum atomic E-state index is 13.0. The number of thiocarbonyl (C=S) groups is 1. The normalized spacial score (nSPS) is 16.3. The van der Waals surface area contributed by atoms with E-state index < -0.39 is 4.92 Å². The molecule has 3 heterocycles. The van der Waals surface area contributed by atoms with Crippen LogP contribution in [0.3, 0.4) is 0 Å². The molecule has 2 N–H and O–H groups in total. The summed E-state index contributed by atoms with van der Waals surface area (Å²) in [5.41, 5.74) is 6.09. The van der Waals surface area contributed by atoms with Crippen molar-refractivity contribution in [3.05, 3.63) is 111 Å². The molecule has 1 amide bonds. The monoisotopic (exact) mass is 584 g/mol. The highest BCUT2D eigenvalue weighted by atomic mass is 32.1. The summed E-state index contributed by atoms with van der Waals surface area (Å²) in [5, 5.41) is 18.4. The fraction of sp³-hybridized carbons (Fsp3) is 0.258. The molecule has 5 rings (SSSR count). The van der Waals surface area contributed by atoms with Gasteiger partial charge in [-0.2, -0.15) is 0 Å². The number of hydrogen-bond acceptors (Lipinski definition) is 6. The number of hydrogen-bond donors (Lipinski definition) is 2. The van der Waals surface area contributed by atoms with Gasteiger partial charge in [-0.25, -0.2) is 0 Å². The average molecular weight is 585 g/mol. The average Bonchev–Trinajstić information content (AvgIpc) is 3.47. The Balaban J connectivity index is 1.51. The van der Waals surface area contributed by atoms with Gasteiger partial charge in [0, 0.05) is 42.3 Å². The van der Waals surface area contributed by atoms with Crippen molar-refractivity contribution in [1.82, 2.24) is 19.8 Å². The number of nitrogens with zero attached hydrogens (tertiary/aromatic N) is 4. The first kappa shape index (κ1) is 28.7. The summed E-state index contributed by atoms with van der Waals surface area (Å²) in [6, 6.07) is 19.6. The number of carbonyl (C=O) groups excluding carboxylic acids is 1. The third-order valence-corrected chi connectivity index (χ3v) is 7.95. The second-order valence-corrected chi connectivity index (χ2v) is 10.6. The minimum atomic E-state index is -0.442. The Bertz CT molecular complexity index is 1650. The zero-order chi connectivity index (χ0) is 30.0. The lowest BCUT2D eigenvalue weighted by Gasteiger charge is -2.28. The molecule has 11 heteroatoms. The Kier molecular flexibility index (Phi) is 8.21. The molecule has 0 spiro atoms. The van der Waals surface area contributed by atoms with Gasteiger partial charge in [0.25, 0.3) is 5.69 Å².